The van der Waals surface area contributed by atoms with Crippen LogP contribution in [0.15, 0.2) is 352 Å². The summed E-state index contributed by atoms with van der Waals surface area (Å²) >= 11 is 5.58. The molecule has 0 saturated carbocycles. The third kappa shape index (κ3) is 10.6. The fourth-order valence-electron chi connectivity index (χ4n) is 15.8. The van der Waals surface area contributed by atoms with Crippen molar-refractivity contribution in [1.82, 2.24) is 29.9 Å². The van der Waals surface area contributed by atoms with Gasteiger partial charge in [0.1, 0.15) is 0 Å². The van der Waals surface area contributed by atoms with Crippen molar-refractivity contribution >= 4 is 181 Å². The molecule has 0 fully saturated rings. The molecule has 0 bridgehead atoms. The zero-order valence-electron chi connectivity index (χ0n) is 57.4. The Kier molecular flexibility index (Phi) is 15.0. The lowest BCUT2D eigenvalue weighted by Crippen LogP contribution is -1.97. The van der Waals surface area contributed by atoms with Crippen molar-refractivity contribution in [3.05, 3.63) is 352 Å². The molecule has 0 aliphatic heterocycles. The number of nitrogens with zero attached hydrogens (tertiary/aromatic N) is 6. The maximum Gasteiger partial charge on any atom is 0.0980 e. The van der Waals surface area contributed by atoms with Gasteiger partial charge >= 0.3 is 0 Å². The van der Waals surface area contributed by atoms with Gasteiger partial charge in [0.25, 0.3) is 0 Å². The Labute approximate surface area is 626 Å². The molecule has 0 N–H and O–H groups in total. The molecule has 23 aromatic rings. The van der Waals surface area contributed by atoms with Crippen LogP contribution < -0.4 is 0 Å². The molecule has 0 atom stereocenters. The van der Waals surface area contributed by atoms with E-state index in [2.05, 4.69) is 309 Å². The molecule has 17 aromatic carbocycles. The van der Waals surface area contributed by atoms with Gasteiger partial charge < -0.3 is 0 Å². The number of para-hydroxylation sites is 2. The zero-order chi connectivity index (χ0) is 70.5. The molecular weight excluding hydrogens is 1360 g/mol. The van der Waals surface area contributed by atoms with E-state index in [1.807, 2.05) is 76.5 Å². The van der Waals surface area contributed by atoms with Gasteiger partial charge in [0.05, 0.1) is 67.3 Å². The van der Waals surface area contributed by atoms with Crippen LogP contribution in [0, 0.1) is 0 Å². The van der Waals surface area contributed by atoms with E-state index in [9.17, 15) is 0 Å². The molecule has 9 heteroatoms. The summed E-state index contributed by atoms with van der Waals surface area (Å²) in [5.41, 5.74) is 17.6. The van der Waals surface area contributed by atoms with E-state index in [4.69, 9.17) is 29.9 Å². The van der Waals surface area contributed by atoms with Crippen molar-refractivity contribution in [1.29, 1.82) is 0 Å². The molecule has 6 heterocycles. The summed E-state index contributed by atoms with van der Waals surface area (Å²) in [6.07, 6.45) is 0. The van der Waals surface area contributed by atoms with Crippen LogP contribution in [-0.4, -0.2) is 29.9 Å². The molecule has 107 heavy (non-hydrogen) atoms. The van der Waals surface area contributed by atoms with E-state index in [0.29, 0.717) is 0 Å². The summed E-state index contributed by atoms with van der Waals surface area (Å²) < 4.78 is 7.82. The van der Waals surface area contributed by atoms with Gasteiger partial charge in [0.2, 0.25) is 0 Å². The second kappa shape index (κ2) is 25.8. The van der Waals surface area contributed by atoms with Gasteiger partial charge in [0.15, 0.2) is 0 Å². The molecule has 0 spiro atoms. The Balaban J connectivity index is 0.000000103. The number of thiophene rings is 3. The number of fused-ring (bicyclic) bond motifs is 22. The number of benzene rings is 17. The maximum atomic E-state index is 5.40. The lowest BCUT2D eigenvalue weighted by Gasteiger charge is -2.14. The Bertz CT molecular complexity index is 7520. The molecule has 498 valence electrons. The van der Waals surface area contributed by atoms with Crippen molar-refractivity contribution in [3.63, 3.8) is 0 Å². The first-order chi connectivity index (χ1) is 53.1. The summed E-state index contributed by atoms with van der Waals surface area (Å²) in [5.74, 6) is 0. The molecular formula is C98H58N6S3. The topological polar surface area (TPSA) is 77.3 Å². The van der Waals surface area contributed by atoms with E-state index in [-0.39, 0.29) is 0 Å². The first-order valence-corrected chi connectivity index (χ1v) is 38.3. The zero-order valence-corrected chi connectivity index (χ0v) is 59.8. The quantitative estimate of drug-likeness (QED) is 0.154. The van der Waals surface area contributed by atoms with Crippen LogP contribution >= 0.6 is 34.0 Å². The van der Waals surface area contributed by atoms with Crippen LogP contribution in [0.1, 0.15) is 0 Å². The van der Waals surface area contributed by atoms with Crippen LogP contribution in [0.25, 0.3) is 215 Å². The van der Waals surface area contributed by atoms with Crippen LogP contribution in [0.3, 0.4) is 0 Å². The van der Waals surface area contributed by atoms with Crippen LogP contribution in [-0.2, 0) is 0 Å². The van der Waals surface area contributed by atoms with Gasteiger partial charge in [-0.3, -0.25) is 0 Å². The molecule has 23 rings (SSSR count). The highest BCUT2D eigenvalue weighted by atomic mass is 32.1. The fraction of sp³-hybridized carbons (Fsp3) is 0. The van der Waals surface area contributed by atoms with E-state index >= 15 is 0 Å². The lowest BCUT2D eigenvalue weighted by atomic mass is 9.96. The van der Waals surface area contributed by atoms with Crippen molar-refractivity contribution in [2.75, 3.05) is 0 Å². The average molecular weight is 1420 g/mol. The standard InChI is InChI=1S/2C34H20N2S.C30H18N2S/c1-2-10-23(11-3-1)31-33(35-28-20-18-21-9-4-5-13-24(21)32(28)36-31)27-15-8-12-22-17-19-26-25-14-6-7-16-29(25)37-34(26)30(22)27;1-2-10-23(11-3-1)31-33(36-32-24-13-5-4-9-21(24)18-20-28(32)35-31)27-15-8-12-22-17-19-26-25-14-6-7-16-29(25)37-34(26)30(22)27;1-2-9-20(10-3-1)28-29(32-25-15-6-5-14-24(25)31-28)23-13-8-11-19-17-18-22-21-12-4-7-16-26(21)33-30(22)27(19)23/h2*1-20H;1-18H. The Morgan fingerprint density at radius 3 is 0.850 bits per heavy atom. The number of hydrogen-bond acceptors (Lipinski definition) is 9. The minimum absolute atomic E-state index is 0.910. The first kappa shape index (κ1) is 62.3. The minimum atomic E-state index is 0.910. The third-order valence-electron chi connectivity index (χ3n) is 20.8. The van der Waals surface area contributed by atoms with Crippen LogP contribution in [0.5, 0.6) is 0 Å². The molecule has 0 radical (unpaired) electrons. The number of rotatable bonds is 6. The van der Waals surface area contributed by atoms with Gasteiger partial charge in [-0.15, -0.1) is 34.0 Å². The van der Waals surface area contributed by atoms with Crippen LogP contribution in [0.2, 0.25) is 0 Å². The predicted molar refractivity (Wildman–Crippen MR) is 457 cm³/mol. The normalized spacial score (nSPS) is 11.7. The monoisotopic (exact) mass is 1410 g/mol. The molecule has 0 aliphatic carbocycles. The van der Waals surface area contributed by atoms with E-state index < -0.39 is 0 Å². The molecule has 0 amide bonds. The van der Waals surface area contributed by atoms with E-state index in [1.165, 1.54) is 104 Å². The summed E-state index contributed by atoms with van der Waals surface area (Å²) in [6.45, 7) is 0. The van der Waals surface area contributed by atoms with Gasteiger partial charge in [-0.05, 0) is 69.4 Å². The SMILES string of the molecule is c1ccc(-c2nc3c(ccc4ccccc43)nc2-c2cccc3ccc4c5ccccc5sc4c23)cc1.c1ccc(-c2nc3ccc4ccccc4c3nc2-c2cccc3ccc4c5ccccc5sc4c23)cc1.c1ccc(-c2nc3ccccc3nc2-c2cccc3ccc4c5ccccc5sc4c23)cc1. The molecule has 6 nitrogen and oxygen atoms in total. The Morgan fingerprint density at radius 1 is 0.168 bits per heavy atom. The van der Waals surface area contributed by atoms with Gasteiger partial charge in [0, 0.05) is 121 Å². The molecule has 0 saturated heterocycles. The summed E-state index contributed by atoms with van der Waals surface area (Å²) in [7, 11) is 0. The highest BCUT2D eigenvalue weighted by molar-refractivity contribution is 7.27. The second-order valence-electron chi connectivity index (χ2n) is 27.0. The Hall–Kier alpha value is -13.3. The van der Waals surface area contributed by atoms with Gasteiger partial charge in [-0.1, -0.05) is 309 Å². The number of aromatic nitrogens is 6. The van der Waals surface area contributed by atoms with Gasteiger partial charge in [-0.25, -0.2) is 29.9 Å². The van der Waals surface area contributed by atoms with E-state index in [0.717, 1.165) is 111 Å². The molecule has 6 aromatic heterocycles. The fourth-order valence-corrected chi connectivity index (χ4v) is 19.6. The Morgan fingerprint density at radius 2 is 0.449 bits per heavy atom. The summed E-state index contributed by atoms with van der Waals surface area (Å²) in [5, 5.41) is 19.8. The van der Waals surface area contributed by atoms with Crippen molar-refractivity contribution in [2.45, 2.75) is 0 Å². The molecule has 0 unspecified atom stereocenters. The van der Waals surface area contributed by atoms with E-state index in [1.54, 1.807) is 0 Å². The van der Waals surface area contributed by atoms with Crippen molar-refractivity contribution in [3.8, 4) is 67.5 Å². The minimum Gasteiger partial charge on any atom is -0.244 e. The molecule has 0 aliphatic rings. The predicted octanol–water partition coefficient (Wildman–Crippen LogP) is 27.8. The smallest absolute Gasteiger partial charge is 0.0980 e. The van der Waals surface area contributed by atoms with Crippen molar-refractivity contribution < 1.29 is 0 Å². The van der Waals surface area contributed by atoms with Gasteiger partial charge in [-0.2, -0.15) is 0 Å². The number of hydrogen-bond donors (Lipinski definition) is 0. The average Bonchev–Trinajstić information content (AvgIpc) is 1.73. The summed E-state index contributed by atoms with van der Waals surface area (Å²) in [4.78, 5) is 31.6. The highest BCUT2D eigenvalue weighted by Crippen LogP contribution is 2.48. The largest absolute Gasteiger partial charge is 0.244 e. The second-order valence-corrected chi connectivity index (χ2v) is 30.1. The highest BCUT2D eigenvalue weighted by Gasteiger charge is 2.24. The third-order valence-corrected chi connectivity index (χ3v) is 24.4. The maximum absolute atomic E-state index is 5.40. The first-order valence-electron chi connectivity index (χ1n) is 35.9. The lowest BCUT2D eigenvalue weighted by molar-refractivity contribution is 1.30. The van der Waals surface area contributed by atoms with Crippen molar-refractivity contribution in [2.24, 2.45) is 0 Å². The van der Waals surface area contributed by atoms with Crippen LogP contribution in [0.4, 0.5) is 0 Å². The summed E-state index contributed by atoms with van der Waals surface area (Å²) in [6, 6.07) is 124.